The Balaban J connectivity index is 3.06. The van der Waals surface area contributed by atoms with Crippen LogP contribution in [0.3, 0.4) is 0 Å². The molecule has 0 fully saturated rings. The van der Waals surface area contributed by atoms with Gasteiger partial charge in [-0.2, -0.15) is 0 Å². The van der Waals surface area contributed by atoms with Crippen LogP contribution < -0.4 is 0 Å². The van der Waals surface area contributed by atoms with Crippen molar-refractivity contribution in [2.75, 3.05) is 0 Å². The minimum absolute atomic E-state index is 0.378. The minimum Gasteiger partial charge on any atom is -0.376 e. The fraction of sp³-hybridized carbons (Fsp3) is 1.00. The molecular weight excluding hydrogens is 232 g/mol. The average Bonchev–Trinajstić information content (AvgIpc) is 2.35. The number of ether oxygens (including phenoxy) is 1. The fourth-order valence-corrected chi connectivity index (χ4v) is 2.63. The zero-order valence-corrected chi connectivity index (χ0v) is 14.0. The van der Waals surface area contributed by atoms with Crippen molar-refractivity contribution in [2.45, 2.75) is 117 Å². The first-order valence-electron chi connectivity index (χ1n) is 8.82. The Bertz CT molecular complexity index is 165. The maximum atomic E-state index is 5.74. The van der Waals surface area contributed by atoms with Crippen LogP contribution in [0.2, 0.25) is 0 Å². The maximum absolute atomic E-state index is 5.74. The summed E-state index contributed by atoms with van der Waals surface area (Å²) in [4.78, 5) is 0. The summed E-state index contributed by atoms with van der Waals surface area (Å²) >= 11 is 0. The van der Waals surface area contributed by atoms with Gasteiger partial charge in [-0.3, -0.25) is 0 Å². The molecule has 0 N–H and O–H groups in total. The lowest BCUT2D eigenvalue weighted by molar-refractivity contribution is 0.0131. The molecule has 0 aromatic heterocycles. The molecule has 0 aliphatic heterocycles. The summed E-state index contributed by atoms with van der Waals surface area (Å²) < 4.78 is 5.74. The van der Waals surface area contributed by atoms with E-state index in [1.165, 1.54) is 77.0 Å². The highest BCUT2D eigenvalue weighted by Crippen LogP contribution is 2.13. The van der Waals surface area contributed by atoms with Crippen LogP contribution in [0.25, 0.3) is 0 Å². The minimum atomic E-state index is 0.378. The number of hydrogen-bond acceptors (Lipinski definition) is 1. The zero-order chi connectivity index (χ0) is 14.3. The summed E-state index contributed by atoms with van der Waals surface area (Å²) in [5.74, 6) is 0. The number of hydrogen-bond donors (Lipinski definition) is 0. The van der Waals surface area contributed by atoms with Crippen molar-refractivity contribution in [1.29, 1.82) is 0 Å². The molecule has 0 aliphatic carbocycles. The molecule has 1 unspecified atom stereocenters. The average molecular weight is 271 g/mol. The topological polar surface area (TPSA) is 9.23 Å². The number of rotatable bonds is 14. The van der Waals surface area contributed by atoms with Crippen LogP contribution in [0.15, 0.2) is 0 Å². The third-order valence-corrected chi connectivity index (χ3v) is 3.72. The third kappa shape index (κ3) is 15.9. The molecule has 0 amide bonds. The first-order chi connectivity index (χ1) is 9.16. The summed E-state index contributed by atoms with van der Waals surface area (Å²) in [6.45, 7) is 8.73. The first kappa shape index (κ1) is 19.0. The van der Waals surface area contributed by atoms with Crippen LogP contribution in [0.1, 0.15) is 105 Å². The van der Waals surface area contributed by atoms with E-state index in [9.17, 15) is 0 Å². The van der Waals surface area contributed by atoms with E-state index in [0.717, 1.165) is 0 Å². The largest absolute Gasteiger partial charge is 0.376 e. The smallest absolute Gasteiger partial charge is 0.0550 e. The molecule has 116 valence electrons. The highest BCUT2D eigenvalue weighted by Gasteiger charge is 2.03. The molecule has 0 rings (SSSR count). The molecule has 0 saturated carbocycles. The molecule has 0 radical (unpaired) electrons. The van der Waals surface area contributed by atoms with E-state index >= 15 is 0 Å². The van der Waals surface area contributed by atoms with E-state index in [4.69, 9.17) is 4.74 Å². The Kier molecular flexibility index (Phi) is 14.3. The third-order valence-electron chi connectivity index (χ3n) is 3.72. The summed E-state index contributed by atoms with van der Waals surface area (Å²) in [5, 5.41) is 0. The van der Waals surface area contributed by atoms with Gasteiger partial charge in [0.25, 0.3) is 0 Å². The van der Waals surface area contributed by atoms with Crippen molar-refractivity contribution in [3.05, 3.63) is 0 Å². The molecule has 1 atom stereocenters. The van der Waals surface area contributed by atoms with Crippen molar-refractivity contribution < 1.29 is 4.74 Å². The Hall–Kier alpha value is -0.0400. The van der Waals surface area contributed by atoms with Crippen LogP contribution in [0, 0.1) is 0 Å². The van der Waals surface area contributed by atoms with Gasteiger partial charge in [0.1, 0.15) is 0 Å². The van der Waals surface area contributed by atoms with Gasteiger partial charge in [0, 0.05) is 0 Å². The van der Waals surface area contributed by atoms with Gasteiger partial charge in [0.2, 0.25) is 0 Å². The molecule has 0 spiro atoms. The molecule has 1 nitrogen and oxygen atoms in total. The van der Waals surface area contributed by atoms with Crippen LogP contribution >= 0.6 is 0 Å². The molecular formula is C18H38O. The Morgan fingerprint density at radius 3 is 1.47 bits per heavy atom. The van der Waals surface area contributed by atoms with Gasteiger partial charge in [0.15, 0.2) is 0 Å². The SMILES string of the molecule is CCCCCCCCCCCCCC(C)OC(C)C. The Morgan fingerprint density at radius 1 is 0.632 bits per heavy atom. The molecule has 0 heterocycles. The molecule has 19 heavy (non-hydrogen) atoms. The molecule has 0 aliphatic rings. The number of unbranched alkanes of at least 4 members (excludes halogenated alkanes) is 10. The van der Waals surface area contributed by atoms with Crippen molar-refractivity contribution in [3.8, 4) is 0 Å². The quantitative estimate of drug-likeness (QED) is 0.327. The fourth-order valence-electron chi connectivity index (χ4n) is 2.63. The highest BCUT2D eigenvalue weighted by atomic mass is 16.5. The van der Waals surface area contributed by atoms with Gasteiger partial charge >= 0.3 is 0 Å². The van der Waals surface area contributed by atoms with Gasteiger partial charge in [0.05, 0.1) is 12.2 Å². The summed E-state index contributed by atoms with van der Waals surface area (Å²) in [6, 6.07) is 0. The van der Waals surface area contributed by atoms with E-state index in [-0.39, 0.29) is 0 Å². The van der Waals surface area contributed by atoms with Crippen LogP contribution in [-0.4, -0.2) is 12.2 Å². The summed E-state index contributed by atoms with van der Waals surface area (Å²) in [5.41, 5.74) is 0. The van der Waals surface area contributed by atoms with Crippen molar-refractivity contribution in [1.82, 2.24) is 0 Å². The normalized spacial score (nSPS) is 13.1. The predicted octanol–water partition coefficient (Wildman–Crippen LogP) is 6.50. The van der Waals surface area contributed by atoms with Crippen LogP contribution in [-0.2, 0) is 4.74 Å². The molecule has 1 heteroatoms. The lowest BCUT2D eigenvalue weighted by Crippen LogP contribution is -2.13. The lowest BCUT2D eigenvalue weighted by Gasteiger charge is -2.15. The summed E-state index contributed by atoms with van der Waals surface area (Å²) in [6.07, 6.45) is 17.7. The first-order valence-corrected chi connectivity index (χ1v) is 8.82. The van der Waals surface area contributed by atoms with Gasteiger partial charge in [-0.25, -0.2) is 0 Å². The standard InChI is InChI=1S/C18H38O/c1-5-6-7-8-9-10-11-12-13-14-15-16-18(4)19-17(2)3/h17-18H,5-16H2,1-4H3. The molecule has 0 saturated heterocycles. The highest BCUT2D eigenvalue weighted by molar-refractivity contribution is 4.54. The van der Waals surface area contributed by atoms with Crippen LogP contribution in [0.4, 0.5) is 0 Å². The van der Waals surface area contributed by atoms with E-state index in [1.54, 1.807) is 0 Å². The van der Waals surface area contributed by atoms with E-state index < -0.39 is 0 Å². The Labute approximate surface area is 122 Å². The molecule has 0 bridgehead atoms. The van der Waals surface area contributed by atoms with Crippen molar-refractivity contribution >= 4 is 0 Å². The molecule has 0 aromatic rings. The van der Waals surface area contributed by atoms with Gasteiger partial charge in [-0.1, -0.05) is 77.6 Å². The van der Waals surface area contributed by atoms with E-state index in [1.807, 2.05) is 0 Å². The lowest BCUT2D eigenvalue weighted by atomic mass is 10.0. The van der Waals surface area contributed by atoms with Gasteiger partial charge in [-0.05, 0) is 27.2 Å². The molecule has 0 aromatic carbocycles. The summed E-state index contributed by atoms with van der Waals surface area (Å²) in [7, 11) is 0. The van der Waals surface area contributed by atoms with E-state index in [0.29, 0.717) is 12.2 Å². The van der Waals surface area contributed by atoms with E-state index in [2.05, 4.69) is 27.7 Å². The second kappa shape index (κ2) is 14.4. The predicted molar refractivity (Wildman–Crippen MR) is 86.8 cm³/mol. The van der Waals surface area contributed by atoms with Gasteiger partial charge < -0.3 is 4.74 Å². The zero-order valence-electron chi connectivity index (χ0n) is 14.0. The van der Waals surface area contributed by atoms with Gasteiger partial charge in [-0.15, -0.1) is 0 Å². The van der Waals surface area contributed by atoms with Crippen molar-refractivity contribution in [3.63, 3.8) is 0 Å². The monoisotopic (exact) mass is 270 g/mol. The van der Waals surface area contributed by atoms with Crippen LogP contribution in [0.5, 0.6) is 0 Å². The van der Waals surface area contributed by atoms with Crippen molar-refractivity contribution in [2.24, 2.45) is 0 Å². The Morgan fingerprint density at radius 2 is 1.05 bits per heavy atom. The maximum Gasteiger partial charge on any atom is 0.0550 e. The second-order valence-corrected chi connectivity index (χ2v) is 6.32. The second-order valence-electron chi connectivity index (χ2n) is 6.32.